The minimum Gasteiger partial charge on any atom is -0.493 e. The highest BCUT2D eigenvalue weighted by molar-refractivity contribution is 7.89. The van der Waals surface area contributed by atoms with Gasteiger partial charge >= 0.3 is 0 Å². The summed E-state index contributed by atoms with van der Waals surface area (Å²) in [5.41, 5.74) is 10.8. The van der Waals surface area contributed by atoms with Gasteiger partial charge in [-0.2, -0.15) is 4.31 Å². The largest absolute Gasteiger partial charge is 0.493 e. The second-order valence-corrected chi connectivity index (χ2v) is 16.4. The van der Waals surface area contributed by atoms with E-state index in [4.69, 9.17) is 9.47 Å². The van der Waals surface area contributed by atoms with Gasteiger partial charge in [0.2, 0.25) is 10.0 Å². The molecule has 1 saturated carbocycles. The molecule has 8 rings (SSSR count). The number of amides is 1. The average molecular weight is 858 g/mol. The van der Waals surface area contributed by atoms with E-state index in [0.717, 1.165) is 93.2 Å². The Kier molecular flexibility index (Phi) is 18.8. The molecular formula is C51H63N5O5S. The molecule has 1 amide bonds. The lowest BCUT2D eigenvalue weighted by molar-refractivity contribution is 0.0951. The van der Waals surface area contributed by atoms with Crippen LogP contribution >= 0.6 is 0 Å². The van der Waals surface area contributed by atoms with Crippen molar-refractivity contribution >= 4 is 15.9 Å². The molecule has 2 aliphatic rings. The van der Waals surface area contributed by atoms with E-state index >= 15 is 0 Å². The van der Waals surface area contributed by atoms with Gasteiger partial charge in [-0.3, -0.25) is 19.7 Å². The van der Waals surface area contributed by atoms with E-state index in [1.54, 1.807) is 49.2 Å². The molecule has 2 fully saturated rings. The Morgan fingerprint density at radius 2 is 1.13 bits per heavy atom. The Balaban J connectivity index is 0.000000197. The molecule has 1 aliphatic heterocycles. The summed E-state index contributed by atoms with van der Waals surface area (Å²) < 4.78 is 37.2. The van der Waals surface area contributed by atoms with Crippen LogP contribution in [-0.4, -0.2) is 66.9 Å². The van der Waals surface area contributed by atoms with Gasteiger partial charge in [0.1, 0.15) is 0 Å². The fourth-order valence-electron chi connectivity index (χ4n) is 6.82. The summed E-state index contributed by atoms with van der Waals surface area (Å²) in [6, 6.07) is 30.9. The summed E-state index contributed by atoms with van der Waals surface area (Å²) in [4.78, 5) is 25.6. The second-order valence-electron chi connectivity index (χ2n) is 14.5. The molecule has 0 radical (unpaired) electrons. The number of aromatic nitrogens is 3. The first-order chi connectivity index (χ1) is 30.0. The van der Waals surface area contributed by atoms with Crippen LogP contribution < -0.4 is 14.8 Å². The van der Waals surface area contributed by atoms with Crippen molar-refractivity contribution in [3.8, 4) is 45.3 Å². The van der Waals surface area contributed by atoms with Crippen molar-refractivity contribution in [2.45, 2.75) is 92.0 Å². The van der Waals surface area contributed by atoms with Gasteiger partial charge in [-0.1, -0.05) is 70.2 Å². The molecular weight excluding hydrogens is 795 g/mol. The third kappa shape index (κ3) is 12.8. The number of hydrogen-bond donors (Lipinski definition) is 1. The second kappa shape index (κ2) is 23.9. The Morgan fingerprint density at radius 1 is 0.613 bits per heavy atom. The minimum atomic E-state index is -3.33. The van der Waals surface area contributed by atoms with Gasteiger partial charge < -0.3 is 14.8 Å². The maximum atomic E-state index is 12.5. The van der Waals surface area contributed by atoms with Crippen molar-refractivity contribution in [3.63, 3.8) is 0 Å². The van der Waals surface area contributed by atoms with Crippen molar-refractivity contribution < 1.29 is 22.7 Å². The number of pyridine rings is 3. The van der Waals surface area contributed by atoms with Crippen LogP contribution in [0.15, 0.2) is 121 Å². The number of benzene rings is 3. The summed E-state index contributed by atoms with van der Waals surface area (Å²) in [6.07, 6.45) is 9.43. The number of carbonyl (C=O) groups is 1. The van der Waals surface area contributed by atoms with Gasteiger partial charge in [0, 0.05) is 60.0 Å². The topological polar surface area (TPSA) is 124 Å². The highest BCUT2D eigenvalue weighted by atomic mass is 32.2. The number of methoxy groups -OCH3 is 2. The van der Waals surface area contributed by atoms with Crippen LogP contribution in [0.4, 0.5) is 0 Å². The molecule has 328 valence electrons. The SMILES string of the molecule is CC.CC.COc1cc(-c2ncccc2C)cc(C)c1OC.Cc1cccnc1-c1ccc(S(=O)(=O)N2CCCC2)cc1.Cc1cccnc1-c1cccc(C(=O)NC2CC2)c1. The third-order valence-corrected chi connectivity index (χ3v) is 12.0. The monoisotopic (exact) mass is 857 g/mol. The van der Waals surface area contributed by atoms with E-state index in [2.05, 4.69) is 26.3 Å². The van der Waals surface area contributed by atoms with Gasteiger partial charge in [0.25, 0.3) is 5.91 Å². The maximum Gasteiger partial charge on any atom is 0.251 e. The third-order valence-electron chi connectivity index (χ3n) is 10.1. The number of aryl methyl sites for hydroxylation is 4. The van der Waals surface area contributed by atoms with Crippen molar-refractivity contribution in [2.75, 3.05) is 27.3 Å². The molecule has 11 heteroatoms. The summed E-state index contributed by atoms with van der Waals surface area (Å²) in [7, 11) is -0.0403. The summed E-state index contributed by atoms with van der Waals surface area (Å²) >= 11 is 0. The highest BCUT2D eigenvalue weighted by Gasteiger charge is 2.27. The molecule has 0 atom stereocenters. The number of sulfonamides is 1. The van der Waals surface area contributed by atoms with Crippen LogP contribution in [0.2, 0.25) is 0 Å². The van der Waals surface area contributed by atoms with E-state index in [-0.39, 0.29) is 5.91 Å². The fraction of sp³-hybridized carbons (Fsp3) is 0.333. The Hall–Kier alpha value is -5.91. The van der Waals surface area contributed by atoms with E-state index in [9.17, 15) is 13.2 Å². The van der Waals surface area contributed by atoms with Crippen LogP contribution in [0.3, 0.4) is 0 Å². The number of hydrogen-bond acceptors (Lipinski definition) is 8. The lowest BCUT2D eigenvalue weighted by Crippen LogP contribution is -2.27. The minimum absolute atomic E-state index is 0.0120. The predicted octanol–water partition coefficient (Wildman–Crippen LogP) is 11.2. The van der Waals surface area contributed by atoms with Crippen molar-refractivity contribution in [2.24, 2.45) is 0 Å². The zero-order valence-electron chi connectivity index (χ0n) is 38.0. The number of nitrogens with one attached hydrogen (secondary N) is 1. The Morgan fingerprint density at radius 3 is 1.61 bits per heavy atom. The normalized spacial score (nSPS) is 13.0. The smallest absolute Gasteiger partial charge is 0.251 e. The standard InChI is InChI=1S/C16H18N2O2S.C16H16N2O.C15H17NO2.2C2H6/c1-13-5-4-10-17-16(13)14-6-8-15(9-7-14)21(19,20)18-11-2-3-12-18;1-11-4-3-9-17-15(11)12-5-2-6-13(10-12)16(19)18-14-7-8-14;1-10-6-5-7-16-14(10)12-8-11(2)15(18-4)13(9-12)17-3;2*1-2/h4-10H,2-3,11-12H2,1H3;2-6,9-10,14H,7-8H2,1H3,(H,18,19);5-9H,1-4H3;2*1-2H3. The molecule has 1 aliphatic carbocycles. The van der Waals surface area contributed by atoms with Crippen LogP contribution in [-0.2, 0) is 10.0 Å². The quantitative estimate of drug-likeness (QED) is 0.152. The summed E-state index contributed by atoms with van der Waals surface area (Å²) in [6.45, 7) is 17.3. The molecule has 3 aromatic heterocycles. The molecule has 6 aromatic rings. The van der Waals surface area contributed by atoms with Crippen LogP contribution in [0.1, 0.15) is 86.0 Å². The molecule has 4 heterocycles. The van der Waals surface area contributed by atoms with Crippen molar-refractivity contribution in [1.82, 2.24) is 24.6 Å². The highest BCUT2D eigenvalue weighted by Crippen LogP contribution is 2.36. The van der Waals surface area contributed by atoms with E-state index in [1.165, 1.54) is 0 Å². The van der Waals surface area contributed by atoms with Crippen LogP contribution in [0.5, 0.6) is 11.5 Å². The van der Waals surface area contributed by atoms with E-state index in [0.29, 0.717) is 29.6 Å². The average Bonchev–Trinajstić information content (AvgIpc) is 3.94. The first kappa shape index (κ1) is 48.8. The molecule has 10 nitrogen and oxygen atoms in total. The number of nitrogens with zero attached hydrogens (tertiary/aromatic N) is 4. The zero-order valence-corrected chi connectivity index (χ0v) is 38.8. The molecule has 0 spiro atoms. The van der Waals surface area contributed by atoms with Gasteiger partial charge in [0.15, 0.2) is 11.5 Å². The zero-order chi connectivity index (χ0) is 45.2. The number of carbonyl (C=O) groups excluding carboxylic acids is 1. The van der Waals surface area contributed by atoms with Gasteiger partial charge in [-0.05, 0) is 130 Å². The molecule has 0 unspecified atom stereocenters. The molecule has 62 heavy (non-hydrogen) atoms. The molecule has 1 saturated heterocycles. The molecule has 3 aromatic carbocycles. The number of ether oxygens (including phenoxy) is 2. The lowest BCUT2D eigenvalue weighted by atomic mass is 10.0. The van der Waals surface area contributed by atoms with Gasteiger partial charge in [-0.25, -0.2) is 8.42 Å². The van der Waals surface area contributed by atoms with Gasteiger partial charge in [-0.15, -0.1) is 0 Å². The fourth-order valence-corrected chi connectivity index (χ4v) is 8.34. The van der Waals surface area contributed by atoms with Gasteiger partial charge in [0.05, 0.1) is 36.2 Å². The summed E-state index contributed by atoms with van der Waals surface area (Å²) in [5, 5.41) is 3.00. The Labute approximate surface area is 369 Å². The first-order valence-corrected chi connectivity index (χ1v) is 22.9. The molecule has 0 bridgehead atoms. The predicted molar refractivity (Wildman–Crippen MR) is 252 cm³/mol. The summed E-state index contributed by atoms with van der Waals surface area (Å²) in [5.74, 6) is 1.52. The van der Waals surface area contributed by atoms with Crippen LogP contribution in [0, 0.1) is 27.7 Å². The lowest BCUT2D eigenvalue weighted by Gasteiger charge is -2.15. The van der Waals surface area contributed by atoms with Crippen LogP contribution in [0.25, 0.3) is 33.8 Å². The maximum absolute atomic E-state index is 12.5. The molecule has 1 N–H and O–H groups in total. The van der Waals surface area contributed by atoms with Crippen molar-refractivity contribution in [3.05, 3.63) is 143 Å². The van der Waals surface area contributed by atoms with E-state index in [1.807, 2.05) is 134 Å². The first-order valence-electron chi connectivity index (χ1n) is 21.5. The van der Waals surface area contributed by atoms with Crippen molar-refractivity contribution in [1.29, 1.82) is 0 Å². The Bertz CT molecular complexity index is 2460. The van der Waals surface area contributed by atoms with E-state index < -0.39 is 10.0 Å². The number of rotatable bonds is 9.